The molecule has 0 bridgehead atoms. The summed E-state index contributed by atoms with van der Waals surface area (Å²) in [5, 5.41) is 0. The van der Waals surface area contributed by atoms with Gasteiger partial charge in [-0.25, -0.2) is 0 Å². The number of hydrogen-bond acceptors (Lipinski definition) is 1. The van der Waals surface area contributed by atoms with Crippen LogP contribution in [0.3, 0.4) is 0 Å². The predicted octanol–water partition coefficient (Wildman–Crippen LogP) is 2.15. The molecule has 1 N–H and O–H groups in total. The quantitative estimate of drug-likeness (QED) is 0.606. The molecular formula is C9H10FN. The molecular weight excluding hydrogens is 141 g/mol. The van der Waals surface area contributed by atoms with Crippen LogP contribution in [0.25, 0.3) is 0 Å². The van der Waals surface area contributed by atoms with Gasteiger partial charge in [0.25, 0.3) is 0 Å². The van der Waals surface area contributed by atoms with Crippen LogP contribution < -0.4 is 5.54 Å². The molecule has 1 aromatic carbocycles. The molecule has 0 spiro atoms. The van der Waals surface area contributed by atoms with E-state index in [4.69, 9.17) is 0 Å². The molecule has 58 valence electrons. The Balaban J connectivity index is 2.39. The van der Waals surface area contributed by atoms with Gasteiger partial charge in [0, 0.05) is 0 Å². The maximum atomic E-state index is 12.1. The van der Waals surface area contributed by atoms with Crippen LogP contribution in [0, 0.1) is 0 Å². The van der Waals surface area contributed by atoms with E-state index in [2.05, 4.69) is 6.07 Å². The summed E-state index contributed by atoms with van der Waals surface area (Å²) in [7, 11) is 0. The molecule has 0 amide bonds. The fourth-order valence-corrected chi connectivity index (χ4v) is 1.67. The minimum atomic E-state index is -0.0637. The van der Waals surface area contributed by atoms with Gasteiger partial charge < -0.3 is 0 Å². The molecule has 0 heterocycles. The van der Waals surface area contributed by atoms with Crippen molar-refractivity contribution in [2.75, 3.05) is 0 Å². The maximum absolute atomic E-state index is 12.1. The largest absolute Gasteiger partial charge is 0.152 e. The number of fused-ring (bicyclic) bond motifs is 1. The van der Waals surface area contributed by atoms with E-state index in [1.54, 1.807) is 0 Å². The van der Waals surface area contributed by atoms with Crippen LogP contribution in [0.2, 0.25) is 0 Å². The van der Waals surface area contributed by atoms with Gasteiger partial charge >= 0.3 is 0 Å². The SMILES string of the molecule is FNC1CCc2ccccc21. The molecule has 0 radical (unpaired) electrons. The lowest BCUT2D eigenvalue weighted by Crippen LogP contribution is -2.07. The van der Waals surface area contributed by atoms with Gasteiger partial charge in [-0.05, 0) is 24.0 Å². The highest BCUT2D eigenvalue weighted by Gasteiger charge is 2.20. The number of hydrogen-bond donors (Lipinski definition) is 1. The molecule has 1 nitrogen and oxygen atoms in total. The average Bonchev–Trinajstić information content (AvgIpc) is 2.47. The molecule has 1 atom stereocenters. The van der Waals surface area contributed by atoms with Crippen molar-refractivity contribution in [3.05, 3.63) is 35.4 Å². The van der Waals surface area contributed by atoms with Crippen LogP contribution in [0.1, 0.15) is 23.6 Å². The van der Waals surface area contributed by atoms with Crippen molar-refractivity contribution in [1.82, 2.24) is 5.54 Å². The lowest BCUT2D eigenvalue weighted by molar-refractivity contribution is 0.272. The Morgan fingerprint density at radius 2 is 2.18 bits per heavy atom. The number of benzene rings is 1. The summed E-state index contributed by atoms with van der Waals surface area (Å²) in [6, 6.07) is 7.94. The van der Waals surface area contributed by atoms with Crippen molar-refractivity contribution in [1.29, 1.82) is 0 Å². The lowest BCUT2D eigenvalue weighted by Gasteiger charge is -2.05. The number of halogens is 1. The molecule has 0 fully saturated rings. The van der Waals surface area contributed by atoms with Crippen LogP contribution in [-0.4, -0.2) is 0 Å². The maximum Gasteiger partial charge on any atom is 0.0626 e. The Bertz CT molecular complexity index is 259. The van der Waals surface area contributed by atoms with Crippen LogP contribution in [0.4, 0.5) is 4.48 Å². The second kappa shape index (κ2) is 2.62. The van der Waals surface area contributed by atoms with Gasteiger partial charge in [-0.1, -0.05) is 24.3 Å². The van der Waals surface area contributed by atoms with Gasteiger partial charge in [0.1, 0.15) is 0 Å². The average molecular weight is 151 g/mol. The number of rotatable bonds is 1. The zero-order valence-corrected chi connectivity index (χ0v) is 6.18. The first-order valence-corrected chi connectivity index (χ1v) is 3.86. The Kier molecular flexibility index (Phi) is 1.62. The second-order valence-corrected chi connectivity index (χ2v) is 2.90. The van der Waals surface area contributed by atoms with Gasteiger partial charge in [-0.3, -0.25) is 0 Å². The third-order valence-corrected chi connectivity index (χ3v) is 2.26. The van der Waals surface area contributed by atoms with Crippen LogP contribution in [-0.2, 0) is 6.42 Å². The number of nitrogens with one attached hydrogen (secondary N) is 1. The minimum Gasteiger partial charge on any atom is -0.152 e. The molecule has 2 rings (SSSR count). The Morgan fingerprint density at radius 3 is 3.00 bits per heavy atom. The minimum absolute atomic E-state index is 0.0637. The van der Waals surface area contributed by atoms with Crippen molar-refractivity contribution in [2.24, 2.45) is 0 Å². The summed E-state index contributed by atoms with van der Waals surface area (Å²) in [6.07, 6.45) is 1.88. The van der Waals surface area contributed by atoms with Gasteiger partial charge in [-0.15, -0.1) is 4.48 Å². The zero-order valence-electron chi connectivity index (χ0n) is 6.18. The summed E-state index contributed by atoms with van der Waals surface area (Å²) in [5.41, 5.74) is 4.22. The van der Waals surface area contributed by atoms with E-state index in [-0.39, 0.29) is 6.04 Å². The normalized spacial score (nSPS) is 21.7. The third kappa shape index (κ3) is 1.03. The highest BCUT2D eigenvalue weighted by molar-refractivity contribution is 5.33. The molecule has 0 saturated carbocycles. The zero-order chi connectivity index (χ0) is 7.68. The van der Waals surface area contributed by atoms with Crippen LogP contribution >= 0.6 is 0 Å². The van der Waals surface area contributed by atoms with Crippen molar-refractivity contribution in [3.63, 3.8) is 0 Å². The first-order valence-electron chi connectivity index (χ1n) is 3.86. The highest BCUT2D eigenvalue weighted by Crippen LogP contribution is 2.30. The number of aryl methyl sites for hydroxylation is 1. The molecule has 0 aromatic heterocycles. The molecule has 1 unspecified atom stereocenters. The molecule has 0 saturated heterocycles. The van der Waals surface area contributed by atoms with Gasteiger partial charge in [0.15, 0.2) is 0 Å². The molecule has 2 heteroatoms. The van der Waals surface area contributed by atoms with E-state index in [0.717, 1.165) is 18.4 Å². The Morgan fingerprint density at radius 1 is 1.36 bits per heavy atom. The van der Waals surface area contributed by atoms with Crippen LogP contribution in [0.5, 0.6) is 0 Å². The predicted molar refractivity (Wildman–Crippen MR) is 41.7 cm³/mol. The van der Waals surface area contributed by atoms with Gasteiger partial charge in [0.2, 0.25) is 0 Å². The van der Waals surface area contributed by atoms with Crippen molar-refractivity contribution in [2.45, 2.75) is 18.9 Å². The van der Waals surface area contributed by atoms with Crippen molar-refractivity contribution < 1.29 is 4.48 Å². The molecule has 1 aliphatic carbocycles. The van der Waals surface area contributed by atoms with E-state index >= 15 is 0 Å². The standard InChI is InChI=1S/C9H10FN/c10-11-9-6-5-7-3-1-2-4-8(7)9/h1-4,9,11H,5-6H2. The Labute approximate surface area is 65.2 Å². The Hall–Kier alpha value is -0.890. The van der Waals surface area contributed by atoms with E-state index in [1.165, 1.54) is 5.56 Å². The highest BCUT2D eigenvalue weighted by atomic mass is 19.2. The van der Waals surface area contributed by atoms with Crippen molar-refractivity contribution >= 4 is 0 Å². The van der Waals surface area contributed by atoms with Gasteiger partial charge in [0.05, 0.1) is 6.04 Å². The topological polar surface area (TPSA) is 12.0 Å². The summed E-state index contributed by atoms with van der Waals surface area (Å²) < 4.78 is 12.1. The molecule has 0 aliphatic heterocycles. The fourth-order valence-electron chi connectivity index (χ4n) is 1.67. The summed E-state index contributed by atoms with van der Waals surface area (Å²) in [6.45, 7) is 0. The van der Waals surface area contributed by atoms with E-state index in [9.17, 15) is 4.48 Å². The summed E-state index contributed by atoms with van der Waals surface area (Å²) in [5.74, 6) is 0. The smallest absolute Gasteiger partial charge is 0.0626 e. The monoisotopic (exact) mass is 151 g/mol. The van der Waals surface area contributed by atoms with E-state index in [0.29, 0.717) is 0 Å². The summed E-state index contributed by atoms with van der Waals surface area (Å²) in [4.78, 5) is 0. The molecule has 1 aromatic rings. The van der Waals surface area contributed by atoms with Crippen molar-refractivity contribution in [3.8, 4) is 0 Å². The second-order valence-electron chi connectivity index (χ2n) is 2.90. The third-order valence-electron chi connectivity index (χ3n) is 2.26. The fraction of sp³-hybridized carbons (Fsp3) is 0.333. The molecule has 1 aliphatic rings. The first-order chi connectivity index (χ1) is 5.42. The lowest BCUT2D eigenvalue weighted by atomic mass is 10.1. The van der Waals surface area contributed by atoms with E-state index in [1.807, 2.05) is 23.7 Å². The molecule has 11 heavy (non-hydrogen) atoms. The summed E-state index contributed by atoms with van der Waals surface area (Å²) >= 11 is 0. The van der Waals surface area contributed by atoms with Crippen LogP contribution in [0.15, 0.2) is 24.3 Å². The van der Waals surface area contributed by atoms with Gasteiger partial charge in [-0.2, -0.15) is 5.54 Å². The first kappa shape index (κ1) is 6.80. The van der Waals surface area contributed by atoms with E-state index < -0.39 is 0 Å².